The first-order valence-corrected chi connectivity index (χ1v) is 12.2. The van der Waals surface area contributed by atoms with Crippen LogP contribution in [0, 0.1) is 0 Å². The van der Waals surface area contributed by atoms with Gasteiger partial charge < -0.3 is 29.4 Å². The number of nitrogens with one attached hydrogen (secondary N) is 2. The second-order valence-electron chi connectivity index (χ2n) is 7.56. The molecule has 0 unspecified atom stereocenters. The predicted molar refractivity (Wildman–Crippen MR) is 140 cm³/mol. The molecule has 0 heterocycles. The van der Waals surface area contributed by atoms with Gasteiger partial charge >= 0.3 is 0 Å². The second-order valence-corrected chi connectivity index (χ2v) is 8.41. The molecule has 2 amide bonds. The Morgan fingerprint density at radius 3 is 2.31 bits per heavy atom. The summed E-state index contributed by atoms with van der Waals surface area (Å²) in [5.41, 5.74) is 3.54. The maximum Gasteiger partial charge on any atom is 0.251 e. The Bertz CT molecular complexity index is 1050. The van der Waals surface area contributed by atoms with Gasteiger partial charge in [0.15, 0.2) is 23.0 Å². The summed E-state index contributed by atoms with van der Waals surface area (Å²) in [5, 5.41) is 16.8. The van der Waals surface area contributed by atoms with Crippen molar-refractivity contribution < 1.29 is 33.6 Å². The van der Waals surface area contributed by atoms with Crippen LogP contribution >= 0.6 is 15.9 Å². The topological polar surface area (TPSA) is 128 Å². The number of rotatable bonds is 14. The van der Waals surface area contributed by atoms with E-state index in [1.807, 2.05) is 6.92 Å². The molecular weight excluding hydrogens is 534 g/mol. The molecule has 0 fully saturated rings. The number of benzene rings is 2. The van der Waals surface area contributed by atoms with Crippen LogP contribution in [-0.2, 0) is 4.79 Å². The zero-order valence-electron chi connectivity index (χ0n) is 20.9. The Kier molecular flexibility index (Phi) is 11.8. The fourth-order valence-electron chi connectivity index (χ4n) is 3.27. The van der Waals surface area contributed by atoms with Crippen LogP contribution in [0.5, 0.6) is 28.7 Å². The summed E-state index contributed by atoms with van der Waals surface area (Å²) < 4.78 is 21.7. The normalized spacial score (nSPS) is 10.7. The lowest BCUT2D eigenvalue weighted by molar-refractivity contribution is -0.121. The van der Waals surface area contributed by atoms with Crippen LogP contribution in [0.15, 0.2) is 33.8 Å². The number of amides is 2. The van der Waals surface area contributed by atoms with Crippen molar-refractivity contribution in [1.82, 2.24) is 10.7 Å². The van der Waals surface area contributed by atoms with Crippen LogP contribution in [0.4, 0.5) is 0 Å². The Labute approximate surface area is 219 Å². The van der Waals surface area contributed by atoms with Gasteiger partial charge in [-0.3, -0.25) is 9.59 Å². The van der Waals surface area contributed by atoms with Crippen molar-refractivity contribution >= 4 is 34.0 Å². The molecule has 0 bridgehead atoms. The first kappa shape index (κ1) is 28.8. The van der Waals surface area contributed by atoms with Gasteiger partial charge in [0.25, 0.3) is 5.91 Å². The van der Waals surface area contributed by atoms with Crippen LogP contribution in [-0.4, -0.2) is 57.6 Å². The minimum atomic E-state index is -0.255. The van der Waals surface area contributed by atoms with Crippen LogP contribution in [0.25, 0.3) is 0 Å². The van der Waals surface area contributed by atoms with E-state index in [1.165, 1.54) is 27.5 Å². The standard InChI is InChI=1S/C25H32BrN3O7/c1-5-36-19-12-16(11-18(26)23(19)31)15-28-29-22(30)9-7-6-8-10-27-25(32)17-13-20(33-2)24(35-4)21(14-17)34-3/h11-15,31H,5-10H2,1-4H3,(H,27,32)(H,29,30). The number of hydrogen-bond acceptors (Lipinski definition) is 8. The fourth-order valence-corrected chi connectivity index (χ4v) is 3.73. The fraction of sp³-hybridized carbons (Fsp3) is 0.400. The number of hydrazone groups is 1. The van der Waals surface area contributed by atoms with Crippen molar-refractivity contribution in [2.75, 3.05) is 34.5 Å². The van der Waals surface area contributed by atoms with Crippen molar-refractivity contribution in [2.45, 2.75) is 32.6 Å². The summed E-state index contributed by atoms with van der Waals surface area (Å²) in [6.07, 6.45) is 3.91. The smallest absolute Gasteiger partial charge is 0.251 e. The number of phenols is 1. The monoisotopic (exact) mass is 565 g/mol. The highest BCUT2D eigenvalue weighted by atomic mass is 79.9. The van der Waals surface area contributed by atoms with E-state index in [-0.39, 0.29) is 17.6 Å². The quantitative estimate of drug-likeness (QED) is 0.179. The van der Waals surface area contributed by atoms with Crippen molar-refractivity contribution in [3.05, 3.63) is 39.9 Å². The Hall–Kier alpha value is -3.47. The van der Waals surface area contributed by atoms with Crippen LogP contribution in [0.2, 0.25) is 0 Å². The van der Waals surface area contributed by atoms with E-state index in [0.717, 1.165) is 6.42 Å². The number of hydrogen-bond donors (Lipinski definition) is 3. The number of aromatic hydroxyl groups is 1. The molecule has 2 aromatic carbocycles. The van der Waals surface area contributed by atoms with Gasteiger partial charge in [0.05, 0.1) is 38.6 Å². The van der Waals surface area contributed by atoms with Gasteiger partial charge in [-0.05, 0) is 65.5 Å². The third kappa shape index (κ3) is 8.33. The number of carbonyl (C=O) groups is 2. The maximum atomic E-state index is 12.5. The van der Waals surface area contributed by atoms with Gasteiger partial charge in [-0.25, -0.2) is 5.43 Å². The molecule has 0 aromatic heterocycles. The molecule has 0 atom stereocenters. The van der Waals surface area contributed by atoms with Gasteiger partial charge in [-0.15, -0.1) is 0 Å². The SMILES string of the molecule is CCOc1cc(C=NNC(=O)CCCCCNC(=O)c2cc(OC)c(OC)c(OC)c2)cc(Br)c1O. The van der Waals surface area contributed by atoms with E-state index in [0.29, 0.717) is 71.0 Å². The molecule has 10 nitrogen and oxygen atoms in total. The zero-order chi connectivity index (χ0) is 26.5. The first-order chi connectivity index (χ1) is 17.3. The van der Waals surface area contributed by atoms with Gasteiger partial charge in [0.2, 0.25) is 11.7 Å². The van der Waals surface area contributed by atoms with Crippen LogP contribution in [0.1, 0.15) is 48.5 Å². The lowest BCUT2D eigenvalue weighted by Gasteiger charge is -2.14. The van der Waals surface area contributed by atoms with E-state index >= 15 is 0 Å². The summed E-state index contributed by atoms with van der Waals surface area (Å²) in [6.45, 7) is 2.69. The number of phenolic OH excluding ortho intramolecular Hbond substituents is 1. The Morgan fingerprint density at radius 2 is 1.69 bits per heavy atom. The number of nitrogens with zero attached hydrogens (tertiary/aromatic N) is 1. The number of unbranched alkanes of at least 4 members (excludes halogenated alkanes) is 2. The molecular formula is C25H32BrN3O7. The van der Waals surface area contributed by atoms with E-state index < -0.39 is 0 Å². The molecule has 11 heteroatoms. The minimum Gasteiger partial charge on any atom is -0.503 e. The molecule has 0 spiro atoms. The van der Waals surface area contributed by atoms with E-state index in [9.17, 15) is 14.7 Å². The summed E-state index contributed by atoms with van der Waals surface area (Å²) in [6, 6.07) is 6.48. The molecule has 3 N–H and O–H groups in total. The second kappa shape index (κ2) is 14.8. The van der Waals surface area contributed by atoms with E-state index in [4.69, 9.17) is 18.9 Å². The summed E-state index contributed by atoms with van der Waals surface area (Å²) in [4.78, 5) is 24.5. The van der Waals surface area contributed by atoms with Gasteiger partial charge in [-0.2, -0.15) is 5.10 Å². The highest BCUT2D eigenvalue weighted by Gasteiger charge is 2.16. The number of ether oxygens (including phenoxy) is 4. The highest BCUT2D eigenvalue weighted by Crippen LogP contribution is 2.38. The molecule has 36 heavy (non-hydrogen) atoms. The lowest BCUT2D eigenvalue weighted by Crippen LogP contribution is -2.24. The molecule has 0 aliphatic heterocycles. The molecule has 0 saturated heterocycles. The average Bonchev–Trinajstić information content (AvgIpc) is 2.87. The summed E-state index contributed by atoms with van der Waals surface area (Å²) >= 11 is 3.26. The molecule has 0 radical (unpaired) electrons. The molecule has 0 aliphatic carbocycles. The molecule has 2 aromatic rings. The largest absolute Gasteiger partial charge is 0.503 e. The third-order valence-electron chi connectivity index (χ3n) is 5.05. The molecule has 2 rings (SSSR count). The van der Waals surface area contributed by atoms with Crippen molar-refractivity contribution in [2.24, 2.45) is 5.10 Å². The van der Waals surface area contributed by atoms with E-state index in [2.05, 4.69) is 31.8 Å². The Balaban J connectivity index is 1.72. The lowest BCUT2D eigenvalue weighted by atomic mass is 10.1. The zero-order valence-corrected chi connectivity index (χ0v) is 22.4. The number of carbonyl (C=O) groups excluding carboxylic acids is 2. The summed E-state index contributed by atoms with van der Waals surface area (Å²) in [5.74, 6) is 1.11. The summed E-state index contributed by atoms with van der Waals surface area (Å²) in [7, 11) is 4.48. The van der Waals surface area contributed by atoms with Crippen LogP contribution in [0.3, 0.4) is 0 Å². The number of halogens is 1. The van der Waals surface area contributed by atoms with E-state index in [1.54, 1.807) is 24.3 Å². The highest BCUT2D eigenvalue weighted by molar-refractivity contribution is 9.10. The molecule has 196 valence electrons. The van der Waals surface area contributed by atoms with Gasteiger partial charge in [0, 0.05) is 18.5 Å². The molecule has 0 saturated carbocycles. The first-order valence-electron chi connectivity index (χ1n) is 11.4. The Morgan fingerprint density at radius 1 is 1.00 bits per heavy atom. The minimum absolute atomic E-state index is 0.0117. The maximum absolute atomic E-state index is 12.5. The average molecular weight is 566 g/mol. The van der Waals surface area contributed by atoms with Crippen molar-refractivity contribution in [3.8, 4) is 28.7 Å². The molecule has 0 aliphatic rings. The van der Waals surface area contributed by atoms with Crippen molar-refractivity contribution in [1.29, 1.82) is 0 Å². The van der Waals surface area contributed by atoms with Gasteiger partial charge in [-0.1, -0.05) is 6.42 Å². The number of methoxy groups -OCH3 is 3. The predicted octanol–water partition coefficient (Wildman–Crippen LogP) is 4.02. The van der Waals surface area contributed by atoms with Crippen LogP contribution < -0.4 is 29.7 Å². The van der Waals surface area contributed by atoms with Crippen molar-refractivity contribution in [3.63, 3.8) is 0 Å². The van der Waals surface area contributed by atoms with Gasteiger partial charge in [0.1, 0.15) is 0 Å². The third-order valence-corrected chi connectivity index (χ3v) is 5.65.